The van der Waals surface area contributed by atoms with Gasteiger partial charge < -0.3 is 10.5 Å². The summed E-state index contributed by atoms with van der Waals surface area (Å²) in [7, 11) is 0. The average Bonchev–Trinajstić information content (AvgIpc) is 2.25. The molecule has 0 radical (unpaired) electrons. The number of ether oxygens (including phenoxy) is 1. The largest absolute Gasteiger partial charge is 0.478 e. The van der Waals surface area contributed by atoms with Crippen LogP contribution in [-0.2, 0) is 0 Å². The molecule has 3 N–H and O–H groups in total. The Morgan fingerprint density at radius 3 is 3.00 bits per heavy atom. The monoisotopic (exact) mass is 207 g/mol. The molecule has 1 heterocycles. The van der Waals surface area contributed by atoms with Gasteiger partial charge in [0.2, 0.25) is 5.88 Å². The van der Waals surface area contributed by atoms with E-state index < -0.39 is 0 Å². The highest BCUT2D eigenvalue weighted by molar-refractivity contribution is 5.95. The van der Waals surface area contributed by atoms with Crippen molar-refractivity contribution >= 4 is 5.84 Å². The van der Waals surface area contributed by atoms with Crippen molar-refractivity contribution in [2.45, 2.75) is 26.2 Å². The topological polar surface area (TPSA) is 72.0 Å². The van der Waals surface area contributed by atoms with E-state index in [9.17, 15) is 0 Å². The first-order valence-corrected chi connectivity index (χ1v) is 5.17. The molecule has 1 aromatic heterocycles. The van der Waals surface area contributed by atoms with E-state index >= 15 is 0 Å². The van der Waals surface area contributed by atoms with Gasteiger partial charge in [0.15, 0.2) is 0 Å². The van der Waals surface area contributed by atoms with Gasteiger partial charge in [-0.2, -0.15) is 0 Å². The molecule has 0 unspecified atom stereocenters. The lowest BCUT2D eigenvalue weighted by Gasteiger charge is -2.05. The number of unbranched alkanes of at least 4 members (excludes halogenated alkanes) is 2. The molecule has 1 rings (SSSR count). The number of pyridine rings is 1. The lowest BCUT2D eigenvalue weighted by molar-refractivity contribution is 0.295. The number of nitrogen functional groups attached to an aromatic ring is 1. The van der Waals surface area contributed by atoms with Crippen LogP contribution in [0.25, 0.3) is 0 Å². The van der Waals surface area contributed by atoms with Crippen LogP contribution < -0.4 is 10.5 Å². The Balaban J connectivity index is 2.47. The first-order valence-electron chi connectivity index (χ1n) is 5.17. The van der Waals surface area contributed by atoms with Crippen molar-refractivity contribution in [2.24, 2.45) is 5.73 Å². The molecule has 0 saturated carbocycles. The van der Waals surface area contributed by atoms with E-state index in [2.05, 4.69) is 11.9 Å². The molecule has 82 valence electrons. The number of nitrogens with zero attached hydrogens (tertiary/aromatic N) is 1. The minimum absolute atomic E-state index is 0.0378. The van der Waals surface area contributed by atoms with Crippen LogP contribution in [0.1, 0.15) is 31.7 Å². The maximum atomic E-state index is 7.27. The van der Waals surface area contributed by atoms with E-state index in [0.29, 0.717) is 18.1 Å². The molecule has 1 aromatic rings. The summed E-state index contributed by atoms with van der Waals surface area (Å²) >= 11 is 0. The molecular formula is C11H17N3O. The van der Waals surface area contributed by atoms with Crippen LogP contribution in [0.2, 0.25) is 0 Å². The molecule has 0 bridgehead atoms. The third-order valence-corrected chi connectivity index (χ3v) is 2.04. The minimum Gasteiger partial charge on any atom is -0.478 e. The molecule has 0 amide bonds. The van der Waals surface area contributed by atoms with Gasteiger partial charge in [0.1, 0.15) is 5.84 Å². The number of aromatic nitrogens is 1. The summed E-state index contributed by atoms with van der Waals surface area (Å²) in [5.74, 6) is 0.578. The van der Waals surface area contributed by atoms with Crippen LogP contribution >= 0.6 is 0 Å². The fourth-order valence-corrected chi connectivity index (χ4v) is 1.18. The first kappa shape index (κ1) is 11.5. The standard InChI is InChI=1S/C11H17N3O/c1-2-3-4-7-15-10-8-9(11(12)13)5-6-14-10/h5-6,8H,2-4,7H2,1H3,(H3,12,13). The lowest BCUT2D eigenvalue weighted by atomic mass is 10.2. The summed E-state index contributed by atoms with van der Waals surface area (Å²) in [5, 5.41) is 7.27. The second-order valence-corrected chi connectivity index (χ2v) is 3.35. The third kappa shape index (κ3) is 3.97. The first-order chi connectivity index (χ1) is 7.24. The second-order valence-electron chi connectivity index (χ2n) is 3.35. The van der Waals surface area contributed by atoms with Crippen molar-refractivity contribution in [3.8, 4) is 5.88 Å². The number of nitrogens with one attached hydrogen (secondary N) is 1. The van der Waals surface area contributed by atoms with Gasteiger partial charge >= 0.3 is 0 Å². The average molecular weight is 207 g/mol. The van der Waals surface area contributed by atoms with Gasteiger partial charge in [0, 0.05) is 17.8 Å². The summed E-state index contributed by atoms with van der Waals surface area (Å²) < 4.78 is 5.44. The molecule has 0 atom stereocenters. The van der Waals surface area contributed by atoms with Crippen LogP contribution in [0, 0.1) is 5.41 Å². The fourth-order valence-electron chi connectivity index (χ4n) is 1.18. The Bertz CT molecular complexity index is 325. The number of hydrogen-bond acceptors (Lipinski definition) is 3. The smallest absolute Gasteiger partial charge is 0.213 e. The van der Waals surface area contributed by atoms with E-state index in [1.165, 1.54) is 6.42 Å². The zero-order chi connectivity index (χ0) is 11.1. The SMILES string of the molecule is CCCCCOc1cc(C(=N)N)ccn1. The van der Waals surface area contributed by atoms with E-state index in [0.717, 1.165) is 12.8 Å². The molecule has 0 aliphatic carbocycles. The van der Waals surface area contributed by atoms with Gasteiger partial charge in [0.05, 0.1) is 6.61 Å². The molecular weight excluding hydrogens is 190 g/mol. The van der Waals surface area contributed by atoms with Crippen molar-refractivity contribution in [1.82, 2.24) is 4.98 Å². The molecule has 0 fully saturated rings. The van der Waals surface area contributed by atoms with Crippen LogP contribution in [0.3, 0.4) is 0 Å². The number of nitrogens with two attached hydrogens (primary N) is 1. The maximum Gasteiger partial charge on any atom is 0.213 e. The van der Waals surface area contributed by atoms with Gasteiger partial charge in [-0.1, -0.05) is 19.8 Å². The predicted molar refractivity (Wildman–Crippen MR) is 60.3 cm³/mol. The zero-order valence-corrected chi connectivity index (χ0v) is 8.99. The lowest BCUT2D eigenvalue weighted by Crippen LogP contribution is -2.11. The molecule has 0 saturated heterocycles. The molecule has 0 spiro atoms. The van der Waals surface area contributed by atoms with Crippen LogP contribution in [0.4, 0.5) is 0 Å². The summed E-state index contributed by atoms with van der Waals surface area (Å²) in [6.45, 7) is 2.82. The molecule has 4 nitrogen and oxygen atoms in total. The summed E-state index contributed by atoms with van der Waals surface area (Å²) in [4.78, 5) is 4.04. The highest BCUT2D eigenvalue weighted by atomic mass is 16.5. The molecule has 0 aliphatic rings. The summed E-state index contributed by atoms with van der Waals surface area (Å²) in [6.07, 6.45) is 4.96. The van der Waals surface area contributed by atoms with E-state index in [1.54, 1.807) is 18.3 Å². The van der Waals surface area contributed by atoms with Gasteiger partial charge in [-0.3, -0.25) is 5.41 Å². The normalized spacial score (nSPS) is 9.93. The van der Waals surface area contributed by atoms with E-state index in [4.69, 9.17) is 15.9 Å². The molecule has 4 heteroatoms. The maximum absolute atomic E-state index is 7.27. The third-order valence-electron chi connectivity index (χ3n) is 2.04. The van der Waals surface area contributed by atoms with Crippen LogP contribution in [-0.4, -0.2) is 17.4 Å². The predicted octanol–water partition coefficient (Wildman–Crippen LogP) is 1.93. The minimum atomic E-state index is 0.0378. The van der Waals surface area contributed by atoms with Crippen molar-refractivity contribution < 1.29 is 4.74 Å². The Morgan fingerprint density at radius 1 is 1.53 bits per heavy atom. The number of rotatable bonds is 6. The van der Waals surface area contributed by atoms with Crippen LogP contribution in [0.15, 0.2) is 18.3 Å². The number of amidine groups is 1. The molecule has 15 heavy (non-hydrogen) atoms. The van der Waals surface area contributed by atoms with Gasteiger partial charge in [0.25, 0.3) is 0 Å². The Labute approximate surface area is 90.0 Å². The summed E-state index contributed by atoms with van der Waals surface area (Å²) in [5.41, 5.74) is 6.01. The van der Waals surface area contributed by atoms with Gasteiger partial charge in [-0.05, 0) is 12.5 Å². The second kappa shape index (κ2) is 6.01. The Kier molecular flexibility index (Phi) is 4.60. The van der Waals surface area contributed by atoms with Gasteiger partial charge in [-0.25, -0.2) is 4.98 Å². The fraction of sp³-hybridized carbons (Fsp3) is 0.455. The van der Waals surface area contributed by atoms with Crippen molar-refractivity contribution in [1.29, 1.82) is 5.41 Å². The van der Waals surface area contributed by atoms with Gasteiger partial charge in [-0.15, -0.1) is 0 Å². The number of hydrogen-bond donors (Lipinski definition) is 2. The quantitative estimate of drug-likeness (QED) is 0.425. The highest BCUT2D eigenvalue weighted by Crippen LogP contribution is 2.09. The molecule has 0 aliphatic heterocycles. The zero-order valence-electron chi connectivity index (χ0n) is 8.99. The van der Waals surface area contributed by atoms with E-state index in [1.807, 2.05) is 0 Å². The van der Waals surface area contributed by atoms with Crippen molar-refractivity contribution in [3.63, 3.8) is 0 Å². The Morgan fingerprint density at radius 2 is 2.33 bits per heavy atom. The Hall–Kier alpha value is -1.58. The van der Waals surface area contributed by atoms with Crippen molar-refractivity contribution in [2.75, 3.05) is 6.61 Å². The molecule has 0 aromatic carbocycles. The van der Waals surface area contributed by atoms with E-state index in [-0.39, 0.29) is 5.84 Å². The van der Waals surface area contributed by atoms with Crippen molar-refractivity contribution in [3.05, 3.63) is 23.9 Å². The van der Waals surface area contributed by atoms with Crippen LogP contribution in [0.5, 0.6) is 5.88 Å². The summed E-state index contributed by atoms with van der Waals surface area (Å²) in [6, 6.07) is 3.38. The highest BCUT2D eigenvalue weighted by Gasteiger charge is 2.00.